The molecule has 4 rings (SSSR count). The number of fused-ring (bicyclic) bond motifs is 1. The van der Waals surface area contributed by atoms with Crippen LogP contribution in [0.3, 0.4) is 0 Å². The van der Waals surface area contributed by atoms with E-state index in [1.807, 2.05) is 0 Å². The molecular formula is C25H21ClF3N5O4. The molecule has 198 valence electrons. The first kappa shape index (κ1) is 26.9. The van der Waals surface area contributed by atoms with Crippen LogP contribution in [0.2, 0.25) is 5.02 Å². The highest BCUT2D eigenvalue weighted by Crippen LogP contribution is 2.33. The highest BCUT2D eigenvalue weighted by atomic mass is 35.5. The van der Waals surface area contributed by atoms with E-state index in [1.54, 1.807) is 24.3 Å². The van der Waals surface area contributed by atoms with Crippen LogP contribution in [0, 0.1) is 5.41 Å². The Balaban J connectivity index is 1.91. The second-order valence-electron chi connectivity index (χ2n) is 8.62. The van der Waals surface area contributed by atoms with Gasteiger partial charge in [-0.1, -0.05) is 29.8 Å². The maximum absolute atomic E-state index is 13.5. The fraction of sp³-hybridized carbons (Fsp3) is 0.240. The number of imidazole rings is 1. The van der Waals surface area contributed by atoms with Gasteiger partial charge in [0.2, 0.25) is 0 Å². The molecule has 0 spiro atoms. The zero-order valence-electron chi connectivity index (χ0n) is 20.2. The number of benzene rings is 2. The van der Waals surface area contributed by atoms with Crippen LogP contribution >= 0.6 is 11.6 Å². The minimum absolute atomic E-state index is 0.000298. The summed E-state index contributed by atoms with van der Waals surface area (Å²) in [5.41, 5.74) is -2.12. The quantitative estimate of drug-likeness (QED) is 0.328. The second kappa shape index (κ2) is 10.3. The molecule has 4 aromatic rings. The summed E-state index contributed by atoms with van der Waals surface area (Å²) in [6.07, 6.45) is -4.84. The predicted octanol–water partition coefficient (Wildman–Crippen LogP) is 4.41. The molecule has 0 saturated carbocycles. The lowest BCUT2D eigenvalue weighted by atomic mass is 10.2. The van der Waals surface area contributed by atoms with E-state index in [0.717, 1.165) is 21.3 Å². The Bertz CT molecular complexity index is 1670. The number of aromatic nitrogens is 4. The molecule has 2 aromatic carbocycles. The molecule has 0 fully saturated rings. The highest BCUT2D eigenvalue weighted by molar-refractivity contribution is 6.30. The van der Waals surface area contributed by atoms with Crippen molar-refractivity contribution in [2.45, 2.75) is 32.6 Å². The van der Waals surface area contributed by atoms with E-state index in [1.165, 1.54) is 30.7 Å². The number of aryl methyl sites for hydroxylation is 1. The van der Waals surface area contributed by atoms with Gasteiger partial charge < -0.3 is 10.1 Å². The van der Waals surface area contributed by atoms with Gasteiger partial charge in [0.25, 0.3) is 5.56 Å². The zero-order chi connectivity index (χ0) is 27.8. The summed E-state index contributed by atoms with van der Waals surface area (Å²) >= 11 is 5.98. The lowest BCUT2D eigenvalue weighted by molar-refractivity contribution is -0.137. The number of carbonyl (C=O) groups excluding carboxylic acids is 1. The van der Waals surface area contributed by atoms with E-state index < -0.39 is 29.5 Å². The molecule has 0 bridgehead atoms. The normalized spacial score (nSPS) is 11.6. The van der Waals surface area contributed by atoms with Gasteiger partial charge in [-0.2, -0.15) is 18.2 Å². The Hall–Kier alpha value is -4.19. The third-order valence-corrected chi connectivity index (χ3v) is 5.89. The first-order valence-electron chi connectivity index (χ1n) is 11.2. The van der Waals surface area contributed by atoms with Crippen LogP contribution < -0.4 is 16.0 Å². The minimum atomic E-state index is -4.61. The molecule has 0 aliphatic rings. The lowest BCUT2D eigenvalue weighted by Gasteiger charge is -2.12. The van der Waals surface area contributed by atoms with E-state index in [-0.39, 0.29) is 47.4 Å². The Labute approximate surface area is 218 Å². The summed E-state index contributed by atoms with van der Waals surface area (Å²) in [6, 6.07) is 10.6. The molecule has 0 aliphatic carbocycles. The molecule has 2 aromatic heterocycles. The molecule has 0 amide bonds. The minimum Gasteiger partial charge on any atom is -0.425 e. The van der Waals surface area contributed by atoms with Gasteiger partial charge >= 0.3 is 17.9 Å². The summed E-state index contributed by atoms with van der Waals surface area (Å²) in [7, 11) is 1.36. The molecule has 2 heterocycles. The van der Waals surface area contributed by atoms with Crippen molar-refractivity contribution >= 4 is 34.3 Å². The predicted molar refractivity (Wildman–Crippen MR) is 134 cm³/mol. The van der Waals surface area contributed by atoms with Crippen molar-refractivity contribution in [3.63, 3.8) is 0 Å². The van der Waals surface area contributed by atoms with Gasteiger partial charge in [0.1, 0.15) is 11.5 Å². The number of alkyl halides is 3. The van der Waals surface area contributed by atoms with Gasteiger partial charge in [0, 0.05) is 24.2 Å². The van der Waals surface area contributed by atoms with Crippen molar-refractivity contribution in [2.75, 3.05) is 0 Å². The van der Waals surface area contributed by atoms with E-state index in [4.69, 9.17) is 21.7 Å². The topological polar surface area (TPSA) is 112 Å². The van der Waals surface area contributed by atoms with Gasteiger partial charge in [0.15, 0.2) is 11.2 Å². The number of nitrogens with one attached hydrogen (secondary N) is 1. The second-order valence-corrected chi connectivity index (χ2v) is 9.06. The molecular weight excluding hydrogens is 527 g/mol. The van der Waals surface area contributed by atoms with Gasteiger partial charge in [-0.15, -0.1) is 0 Å². The van der Waals surface area contributed by atoms with Crippen LogP contribution in [0.5, 0.6) is 11.8 Å². The Kier molecular flexibility index (Phi) is 7.27. The number of rotatable bonds is 8. The van der Waals surface area contributed by atoms with Crippen LogP contribution in [-0.4, -0.2) is 30.2 Å². The summed E-state index contributed by atoms with van der Waals surface area (Å²) in [5.74, 6) is -0.480. The molecule has 0 radical (unpaired) electrons. The van der Waals surface area contributed by atoms with Crippen molar-refractivity contribution in [3.05, 3.63) is 85.5 Å². The molecule has 0 atom stereocenters. The smallest absolute Gasteiger partial charge is 0.416 e. The van der Waals surface area contributed by atoms with Crippen molar-refractivity contribution in [1.82, 2.24) is 18.7 Å². The van der Waals surface area contributed by atoms with Gasteiger partial charge in [-0.3, -0.25) is 23.3 Å². The molecule has 13 heteroatoms. The molecule has 0 unspecified atom stereocenters. The molecule has 1 N–H and O–H groups in total. The zero-order valence-corrected chi connectivity index (χ0v) is 20.9. The number of Topliss-reactive ketones (excluding diaryl/α,β-unsaturated/α-hetero) is 1. The van der Waals surface area contributed by atoms with Crippen molar-refractivity contribution in [3.8, 4) is 11.8 Å². The maximum atomic E-state index is 13.5. The summed E-state index contributed by atoms with van der Waals surface area (Å²) < 4.78 is 48.7. The molecule has 9 nitrogen and oxygen atoms in total. The SMILES string of the molecule is CC(=O)CC(=N)Cn1c(=O)c2c(nc(Oc3cccc(C(F)(F)F)c3)n2Cc2ccc(Cl)cc2)n(C)c1=O. The van der Waals surface area contributed by atoms with Crippen molar-refractivity contribution < 1.29 is 22.7 Å². The van der Waals surface area contributed by atoms with E-state index in [2.05, 4.69) is 4.98 Å². The number of hydrogen-bond acceptors (Lipinski definition) is 6. The van der Waals surface area contributed by atoms with Crippen LogP contribution in [0.15, 0.2) is 58.1 Å². The van der Waals surface area contributed by atoms with Crippen LogP contribution in [-0.2, 0) is 31.1 Å². The Morgan fingerprint density at radius 3 is 2.42 bits per heavy atom. The molecule has 0 saturated heterocycles. The number of nitrogens with zero attached hydrogens (tertiary/aromatic N) is 4. The van der Waals surface area contributed by atoms with Crippen LogP contribution in [0.25, 0.3) is 11.2 Å². The Morgan fingerprint density at radius 1 is 1.11 bits per heavy atom. The average molecular weight is 548 g/mol. The number of halogens is 4. The van der Waals surface area contributed by atoms with Crippen LogP contribution in [0.4, 0.5) is 13.2 Å². The van der Waals surface area contributed by atoms with Crippen LogP contribution in [0.1, 0.15) is 24.5 Å². The maximum Gasteiger partial charge on any atom is 0.416 e. The molecule has 0 aliphatic heterocycles. The van der Waals surface area contributed by atoms with Gasteiger partial charge in [-0.05, 0) is 42.8 Å². The third-order valence-electron chi connectivity index (χ3n) is 5.63. The average Bonchev–Trinajstić information content (AvgIpc) is 3.19. The highest BCUT2D eigenvalue weighted by Gasteiger charge is 2.31. The largest absolute Gasteiger partial charge is 0.425 e. The number of carbonyl (C=O) groups is 1. The van der Waals surface area contributed by atoms with Crippen molar-refractivity contribution in [1.29, 1.82) is 5.41 Å². The van der Waals surface area contributed by atoms with Gasteiger partial charge in [0.05, 0.1) is 18.7 Å². The van der Waals surface area contributed by atoms with E-state index in [9.17, 15) is 27.6 Å². The summed E-state index contributed by atoms with van der Waals surface area (Å²) in [5, 5.41) is 8.50. The first-order valence-corrected chi connectivity index (χ1v) is 11.6. The van der Waals surface area contributed by atoms with Gasteiger partial charge in [-0.25, -0.2) is 4.79 Å². The number of hydrogen-bond donors (Lipinski definition) is 1. The Morgan fingerprint density at radius 2 is 1.79 bits per heavy atom. The molecule has 38 heavy (non-hydrogen) atoms. The van der Waals surface area contributed by atoms with Crippen molar-refractivity contribution in [2.24, 2.45) is 7.05 Å². The number of ketones is 1. The fourth-order valence-electron chi connectivity index (χ4n) is 3.88. The fourth-order valence-corrected chi connectivity index (χ4v) is 4.00. The third kappa shape index (κ3) is 5.54. The first-order chi connectivity index (χ1) is 17.8. The number of ether oxygens (including phenoxy) is 1. The standard InChI is InChI=1S/C25H21ClF3N5O4/c1-14(35)10-18(30)13-34-22(36)20-21(32(2)24(34)37)31-23(33(20)12-15-6-8-17(26)9-7-15)38-19-5-3-4-16(11-19)25(27,28)29/h3-9,11,30H,10,12-13H2,1-2H3. The summed E-state index contributed by atoms with van der Waals surface area (Å²) in [4.78, 5) is 42.2. The van der Waals surface area contributed by atoms with E-state index in [0.29, 0.717) is 10.6 Å². The lowest BCUT2D eigenvalue weighted by Crippen LogP contribution is -2.41. The monoisotopic (exact) mass is 547 g/mol. The summed E-state index contributed by atoms with van der Waals surface area (Å²) in [6.45, 7) is 0.870. The van der Waals surface area contributed by atoms with E-state index >= 15 is 0 Å².